The standard InChI is InChI=1S/C17H28N4O3/c1-24-12-14-18-16(20-19-14)13-7-3-6-10-21(13)15(22)11-17(23)8-4-2-5-9-17/h13,23H,2-12H2,1H3,(H,18,19,20). The number of hydrogen-bond donors (Lipinski definition) is 2. The SMILES string of the molecule is COCc1nc(C2CCCCN2C(=O)CC2(O)CCCCC2)n[nH]1. The Morgan fingerprint density at radius 1 is 1.33 bits per heavy atom. The second-order valence-electron chi connectivity index (χ2n) is 7.13. The zero-order valence-electron chi connectivity index (χ0n) is 14.5. The van der Waals surface area contributed by atoms with Crippen molar-refractivity contribution in [3.8, 4) is 0 Å². The fourth-order valence-corrected chi connectivity index (χ4v) is 3.93. The van der Waals surface area contributed by atoms with Gasteiger partial charge in [-0.1, -0.05) is 19.3 Å². The summed E-state index contributed by atoms with van der Waals surface area (Å²) in [5.41, 5.74) is -0.822. The molecule has 1 aromatic rings. The molecule has 1 saturated carbocycles. The normalized spacial score (nSPS) is 24.1. The zero-order chi connectivity index (χ0) is 17.0. The molecule has 2 heterocycles. The number of rotatable bonds is 5. The molecule has 3 rings (SSSR count). The van der Waals surface area contributed by atoms with Gasteiger partial charge in [0.15, 0.2) is 11.6 Å². The Labute approximate surface area is 142 Å². The minimum atomic E-state index is -0.822. The van der Waals surface area contributed by atoms with Crippen molar-refractivity contribution in [2.75, 3.05) is 13.7 Å². The minimum Gasteiger partial charge on any atom is -0.389 e. The van der Waals surface area contributed by atoms with Crippen LogP contribution in [0.4, 0.5) is 0 Å². The van der Waals surface area contributed by atoms with Crippen molar-refractivity contribution >= 4 is 5.91 Å². The smallest absolute Gasteiger partial charge is 0.226 e. The topological polar surface area (TPSA) is 91.3 Å². The summed E-state index contributed by atoms with van der Waals surface area (Å²) in [6.07, 6.45) is 7.78. The largest absolute Gasteiger partial charge is 0.389 e. The molecule has 1 amide bonds. The number of piperidine rings is 1. The molecule has 1 atom stereocenters. The van der Waals surface area contributed by atoms with Crippen LogP contribution in [0, 0.1) is 0 Å². The molecule has 2 aliphatic rings. The first kappa shape index (κ1) is 17.4. The van der Waals surface area contributed by atoms with E-state index < -0.39 is 5.60 Å². The Kier molecular flexibility index (Phi) is 5.50. The van der Waals surface area contributed by atoms with E-state index in [9.17, 15) is 9.90 Å². The average Bonchev–Trinajstić information content (AvgIpc) is 3.04. The zero-order valence-corrected chi connectivity index (χ0v) is 14.5. The van der Waals surface area contributed by atoms with Crippen molar-refractivity contribution in [1.29, 1.82) is 0 Å². The predicted octanol–water partition coefficient (Wildman–Crippen LogP) is 2.09. The van der Waals surface area contributed by atoms with Crippen molar-refractivity contribution in [3.05, 3.63) is 11.6 Å². The first-order chi connectivity index (χ1) is 11.6. The van der Waals surface area contributed by atoms with Gasteiger partial charge in [-0.05, 0) is 32.1 Å². The van der Waals surface area contributed by atoms with Crippen LogP contribution in [-0.2, 0) is 16.1 Å². The van der Waals surface area contributed by atoms with Crippen LogP contribution < -0.4 is 0 Å². The second kappa shape index (κ2) is 7.61. The number of H-pyrrole nitrogens is 1. The summed E-state index contributed by atoms with van der Waals surface area (Å²) in [4.78, 5) is 19.2. The van der Waals surface area contributed by atoms with Crippen molar-refractivity contribution < 1.29 is 14.6 Å². The van der Waals surface area contributed by atoms with Crippen LogP contribution >= 0.6 is 0 Å². The van der Waals surface area contributed by atoms with Gasteiger partial charge in [-0.25, -0.2) is 4.98 Å². The van der Waals surface area contributed by atoms with Crippen molar-refractivity contribution in [1.82, 2.24) is 20.1 Å². The highest BCUT2D eigenvalue weighted by atomic mass is 16.5. The maximum absolute atomic E-state index is 12.9. The molecule has 0 radical (unpaired) electrons. The molecule has 7 heteroatoms. The summed E-state index contributed by atoms with van der Waals surface area (Å²) in [6, 6.07) is -0.0969. The number of methoxy groups -OCH3 is 1. The average molecular weight is 336 g/mol. The summed E-state index contributed by atoms with van der Waals surface area (Å²) < 4.78 is 5.07. The molecular weight excluding hydrogens is 308 g/mol. The molecule has 0 aromatic carbocycles. The van der Waals surface area contributed by atoms with E-state index in [-0.39, 0.29) is 18.4 Å². The van der Waals surface area contributed by atoms with Crippen LogP contribution in [0.5, 0.6) is 0 Å². The van der Waals surface area contributed by atoms with Crippen LogP contribution in [0.3, 0.4) is 0 Å². The fraction of sp³-hybridized carbons (Fsp3) is 0.824. The number of nitrogens with one attached hydrogen (secondary N) is 1. The first-order valence-corrected chi connectivity index (χ1v) is 9.03. The Morgan fingerprint density at radius 3 is 2.88 bits per heavy atom. The third-order valence-corrected chi connectivity index (χ3v) is 5.22. The number of aromatic amines is 1. The van der Waals surface area contributed by atoms with Gasteiger partial charge in [0.2, 0.25) is 5.91 Å². The van der Waals surface area contributed by atoms with Crippen LogP contribution in [0.25, 0.3) is 0 Å². The van der Waals surface area contributed by atoms with Gasteiger partial charge in [0.25, 0.3) is 0 Å². The number of carbonyl (C=O) groups is 1. The molecule has 2 N–H and O–H groups in total. The lowest BCUT2D eigenvalue weighted by Gasteiger charge is -2.38. The van der Waals surface area contributed by atoms with Gasteiger partial charge in [0, 0.05) is 13.7 Å². The number of likely N-dealkylation sites (tertiary alicyclic amines) is 1. The molecule has 7 nitrogen and oxygen atoms in total. The Hall–Kier alpha value is -1.47. The lowest BCUT2D eigenvalue weighted by Crippen LogP contribution is -2.44. The van der Waals surface area contributed by atoms with E-state index in [1.807, 2.05) is 4.90 Å². The Morgan fingerprint density at radius 2 is 2.12 bits per heavy atom. The Balaban J connectivity index is 1.70. The van der Waals surface area contributed by atoms with Crippen LogP contribution in [0.15, 0.2) is 0 Å². The molecule has 24 heavy (non-hydrogen) atoms. The molecule has 1 aliphatic heterocycles. The van der Waals surface area contributed by atoms with Gasteiger partial charge in [-0.15, -0.1) is 0 Å². The fourth-order valence-electron chi connectivity index (χ4n) is 3.93. The third kappa shape index (κ3) is 3.95. The van der Waals surface area contributed by atoms with Gasteiger partial charge in [0.05, 0.1) is 18.1 Å². The number of carbonyl (C=O) groups excluding carboxylic acids is 1. The van der Waals surface area contributed by atoms with E-state index in [1.54, 1.807) is 7.11 Å². The monoisotopic (exact) mass is 336 g/mol. The van der Waals surface area contributed by atoms with Crippen molar-refractivity contribution in [3.63, 3.8) is 0 Å². The number of aromatic nitrogens is 3. The van der Waals surface area contributed by atoms with Crippen LogP contribution in [0.2, 0.25) is 0 Å². The van der Waals surface area contributed by atoms with Crippen molar-refractivity contribution in [2.24, 2.45) is 0 Å². The minimum absolute atomic E-state index is 0.0298. The lowest BCUT2D eigenvalue weighted by molar-refractivity contribution is -0.141. The molecule has 1 unspecified atom stereocenters. The second-order valence-corrected chi connectivity index (χ2v) is 7.13. The summed E-state index contributed by atoms with van der Waals surface area (Å²) in [5.74, 6) is 1.37. The van der Waals surface area contributed by atoms with E-state index in [4.69, 9.17) is 4.74 Å². The molecule has 1 saturated heterocycles. The lowest BCUT2D eigenvalue weighted by atomic mass is 9.82. The number of ether oxygens (including phenoxy) is 1. The van der Waals surface area contributed by atoms with Gasteiger partial charge >= 0.3 is 0 Å². The Bertz CT molecular complexity index is 554. The highest BCUT2D eigenvalue weighted by molar-refractivity contribution is 5.77. The maximum Gasteiger partial charge on any atom is 0.226 e. The third-order valence-electron chi connectivity index (χ3n) is 5.22. The highest BCUT2D eigenvalue weighted by Crippen LogP contribution is 2.34. The van der Waals surface area contributed by atoms with Crippen molar-refractivity contribution in [2.45, 2.75) is 76.0 Å². The van der Waals surface area contributed by atoms with E-state index in [0.29, 0.717) is 24.8 Å². The molecular formula is C17H28N4O3. The summed E-state index contributed by atoms with van der Waals surface area (Å²) >= 11 is 0. The number of aliphatic hydroxyl groups is 1. The molecule has 2 fully saturated rings. The van der Waals surface area contributed by atoms with Crippen LogP contribution in [-0.4, -0.2) is 50.4 Å². The summed E-state index contributed by atoms with van der Waals surface area (Å²) in [7, 11) is 1.61. The quantitative estimate of drug-likeness (QED) is 0.859. The highest BCUT2D eigenvalue weighted by Gasteiger charge is 2.37. The van der Waals surface area contributed by atoms with E-state index >= 15 is 0 Å². The van der Waals surface area contributed by atoms with Crippen LogP contribution in [0.1, 0.15) is 75.5 Å². The molecule has 1 aliphatic carbocycles. The molecule has 1 aromatic heterocycles. The summed E-state index contributed by atoms with van der Waals surface area (Å²) in [5, 5.41) is 17.9. The van der Waals surface area contributed by atoms with Gasteiger partial charge in [0.1, 0.15) is 6.61 Å². The van der Waals surface area contributed by atoms with Gasteiger partial charge in [-0.3, -0.25) is 9.89 Å². The van der Waals surface area contributed by atoms with Gasteiger partial charge < -0.3 is 14.7 Å². The number of amides is 1. The van der Waals surface area contributed by atoms with E-state index in [0.717, 1.165) is 51.4 Å². The molecule has 134 valence electrons. The first-order valence-electron chi connectivity index (χ1n) is 9.03. The molecule has 0 bridgehead atoms. The maximum atomic E-state index is 12.9. The molecule has 0 spiro atoms. The number of hydrogen-bond acceptors (Lipinski definition) is 5. The van der Waals surface area contributed by atoms with E-state index in [1.165, 1.54) is 0 Å². The van der Waals surface area contributed by atoms with E-state index in [2.05, 4.69) is 15.2 Å². The van der Waals surface area contributed by atoms with Gasteiger partial charge in [-0.2, -0.15) is 5.10 Å². The summed E-state index contributed by atoms with van der Waals surface area (Å²) in [6.45, 7) is 1.10. The number of nitrogens with zero attached hydrogens (tertiary/aromatic N) is 3. The predicted molar refractivity (Wildman–Crippen MR) is 88.1 cm³/mol.